The van der Waals surface area contributed by atoms with E-state index < -0.39 is 0 Å². The maximum absolute atomic E-state index is 5.50. The van der Waals surface area contributed by atoms with Gasteiger partial charge in [0.2, 0.25) is 0 Å². The molecule has 0 bridgehead atoms. The molecule has 0 aromatic heterocycles. The predicted octanol–water partition coefficient (Wildman–Crippen LogP) is 1.62. The van der Waals surface area contributed by atoms with Gasteiger partial charge in [0.25, 0.3) is 0 Å². The SMILES string of the molecule is NCN(C(=S)S)c1ccccc1.[Cu]. The van der Waals surface area contributed by atoms with Crippen molar-refractivity contribution in [3.05, 3.63) is 30.3 Å². The first kappa shape index (κ1) is 12.9. The molecular weight excluding hydrogens is 252 g/mol. The standard InChI is InChI=1S/C8H10N2S2.Cu/c9-6-10(8(11)12)7-4-2-1-3-5-7;/h1-5H,6,9H2,(H,11,12);. The third kappa shape index (κ3) is 3.67. The molecule has 1 aromatic rings. The summed E-state index contributed by atoms with van der Waals surface area (Å²) in [5.74, 6) is 0. The van der Waals surface area contributed by atoms with Gasteiger partial charge in [0, 0.05) is 22.8 Å². The number of hydrogen-bond donors (Lipinski definition) is 2. The van der Waals surface area contributed by atoms with E-state index in [1.807, 2.05) is 30.3 Å². The van der Waals surface area contributed by atoms with Crippen molar-refractivity contribution in [1.82, 2.24) is 0 Å². The van der Waals surface area contributed by atoms with E-state index in [1.54, 1.807) is 4.90 Å². The Labute approximate surface area is 99.4 Å². The molecule has 75 valence electrons. The minimum Gasteiger partial charge on any atom is -0.314 e. The van der Waals surface area contributed by atoms with Gasteiger partial charge < -0.3 is 10.6 Å². The third-order valence-corrected chi connectivity index (χ3v) is 1.94. The summed E-state index contributed by atoms with van der Waals surface area (Å²) in [4.78, 5) is 1.75. The molecule has 0 aliphatic heterocycles. The molecule has 0 saturated heterocycles. The van der Waals surface area contributed by atoms with Crippen LogP contribution in [-0.2, 0) is 17.1 Å². The fourth-order valence-corrected chi connectivity index (χ4v) is 1.28. The van der Waals surface area contributed by atoms with Crippen LogP contribution in [0.5, 0.6) is 0 Å². The van der Waals surface area contributed by atoms with E-state index in [0.29, 0.717) is 11.0 Å². The number of thiol groups is 1. The Morgan fingerprint density at radius 3 is 2.31 bits per heavy atom. The van der Waals surface area contributed by atoms with Gasteiger partial charge in [0.1, 0.15) is 4.32 Å². The van der Waals surface area contributed by atoms with Crippen LogP contribution >= 0.6 is 24.8 Å². The van der Waals surface area contributed by atoms with Gasteiger partial charge in [0.05, 0.1) is 6.67 Å². The summed E-state index contributed by atoms with van der Waals surface area (Å²) in [7, 11) is 0. The van der Waals surface area contributed by atoms with Crippen LogP contribution in [0, 0.1) is 0 Å². The molecule has 1 rings (SSSR count). The van der Waals surface area contributed by atoms with Crippen LogP contribution < -0.4 is 10.6 Å². The summed E-state index contributed by atoms with van der Waals surface area (Å²) < 4.78 is 0.490. The Morgan fingerprint density at radius 2 is 1.92 bits per heavy atom. The fraction of sp³-hybridized carbons (Fsp3) is 0.125. The number of anilines is 1. The third-order valence-electron chi connectivity index (χ3n) is 1.48. The van der Waals surface area contributed by atoms with Gasteiger partial charge >= 0.3 is 0 Å². The smallest absolute Gasteiger partial charge is 0.138 e. The molecule has 0 aliphatic rings. The van der Waals surface area contributed by atoms with Crippen LogP contribution in [0.15, 0.2) is 30.3 Å². The molecule has 0 amide bonds. The van der Waals surface area contributed by atoms with E-state index in [0.717, 1.165) is 5.69 Å². The van der Waals surface area contributed by atoms with Gasteiger partial charge in [-0.05, 0) is 12.1 Å². The van der Waals surface area contributed by atoms with Gasteiger partial charge in [-0.3, -0.25) is 0 Å². The van der Waals surface area contributed by atoms with Gasteiger partial charge in [0.15, 0.2) is 0 Å². The Hall–Kier alpha value is -0.0605. The molecule has 0 atom stereocenters. The van der Waals surface area contributed by atoms with Gasteiger partial charge in [-0.2, -0.15) is 0 Å². The predicted molar refractivity (Wildman–Crippen MR) is 59.6 cm³/mol. The summed E-state index contributed by atoms with van der Waals surface area (Å²) in [6.07, 6.45) is 0. The van der Waals surface area contributed by atoms with E-state index in [-0.39, 0.29) is 17.1 Å². The minimum atomic E-state index is 0. The Bertz CT molecular complexity index is 266. The van der Waals surface area contributed by atoms with Crippen molar-refractivity contribution >= 4 is 34.9 Å². The molecule has 1 radical (unpaired) electrons. The number of nitrogens with two attached hydrogens (primary N) is 1. The normalized spacial score (nSPS) is 8.77. The van der Waals surface area contributed by atoms with Crippen molar-refractivity contribution < 1.29 is 17.1 Å². The van der Waals surface area contributed by atoms with E-state index in [1.165, 1.54) is 0 Å². The van der Waals surface area contributed by atoms with Crippen LogP contribution in [0.1, 0.15) is 0 Å². The van der Waals surface area contributed by atoms with E-state index in [2.05, 4.69) is 12.6 Å². The maximum Gasteiger partial charge on any atom is 0.138 e. The zero-order valence-corrected chi connectivity index (χ0v) is 9.43. The van der Waals surface area contributed by atoms with Gasteiger partial charge in [-0.15, -0.1) is 12.6 Å². The molecule has 0 heterocycles. The quantitative estimate of drug-likeness (QED) is 0.367. The zero-order valence-electron chi connectivity index (χ0n) is 6.78. The van der Waals surface area contributed by atoms with E-state index >= 15 is 0 Å². The summed E-state index contributed by atoms with van der Waals surface area (Å²) in [6.45, 7) is 0.354. The van der Waals surface area contributed by atoms with E-state index in [9.17, 15) is 0 Å². The average Bonchev–Trinajstić information content (AvgIpc) is 2.07. The second kappa shape index (κ2) is 6.40. The first-order chi connectivity index (χ1) is 5.75. The van der Waals surface area contributed by atoms with Crippen molar-refractivity contribution in [3.63, 3.8) is 0 Å². The molecule has 0 spiro atoms. The monoisotopic (exact) mass is 261 g/mol. The molecule has 0 saturated carbocycles. The van der Waals surface area contributed by atoms with Crippen molar-refractivity contribution in [2.24, 2.45) is 5.73 Å². The molecule has 0 unspecified atom stereocenters. The average molecular weight is 262 g/mol. The zero-order chi connectivity index (χ0) is 8.97. The number of thiocarbonyl (C=S) groups is 1. The molecule has 13 heavy (non-hydrogen) atoms. The summed E-state index contributed by atoms with van der Waals surface area (Å²) in [5.41, 5.74) is 6.47. The Morgan fingerprint density at radius 1 is 1.38 bits per heavy atom. The molecule has 1 aromatic carbocycles. The van der Waals surface area contributed by atoms with Gasteiger partial charge in [-0.1, -0.05) is 30.4 Å². The number of rotatable bonds is 2. The topological polar surface area (TPSA) is 29.3 Å². The number of hydrogen-bond acceptors (Lipinski definition) is 2. The minimum absolute atomic E-state index is 0. The molecule has 2 N–H and O–H groups in total. The van der Waals surface area contributed by atoms with Gasteiger partial charge in [-0.25, -0.2) is 0 Å². The molecule has 0 aliphatic carbocycles. The van der Waals surface area contributed by atoms with Crippen molar-refractivity contribution in [2.45, 2.75) is 0 Å². The first-order valence-electron chi connectivity index (χ1n) is 3.51. The van der Waals surface area contributed by atoms with Crippen molar-refractivity contribution in [3.8, 4) is 0 Å². The van der Waals surface area contributed by atoms with Crippen LogP contribution in [0.25, 0.3) is 0 Å². The van der Waals surface area contributed by atoms with Crippen LogP contribution in [0.3, 0.4) is 0 Å². The Balaban J connectivity index is 0.00000144. The number of benzene rings is 1. The summed E-state index contributed by atoms with van der Waals surface area (Å²) >= 11 is 8.97. The van der Waals surface area contributed by atoms with Crippen LogP contribution in [0.2, 0.25) is 0 Å². The fourth-order valence-electron chi connectivity index (χ4n) is 0.902. The second-order valence-corrected chi connectivity index (χ2v) is 3.34. The maximum atomic E-state index is 5.50. The molecule has 2 nitrogen and oxygen atoms in total. The van der Waals surface area contributed by atoms with Crippen LogP contribution in [0.4, 0.5) is 5.69 Å². The summed E-state index contributed by atoms with van der Waals surface area (Å²) in [5, 5.41) is 0. The largest absolute Gasteiger partial charge is 0.314 e. The summed E-state index contributed by atoms with van der Waals surface area (Å²) in [6, 6.07) is 9.69. The molecule has 0 fully saturated rings. The number of para-hydroxylation sites is 1. The van der Waals surface area contributed by atoms with Crippen LogP contribution in [-0.4, -0.2) is 11.0 Å². The van der Waals surface area contributed by atoms with E-state index in [4.69, 9.17) is 18.0 Å². The Kier molecular flexibility index (Phi) is 6.37. The molecule has 5 heteroatoms. The molecular formula is C8H10CuN2S2. The van der Waals surface area contributed by atoms with Crippen molar-refractivity contribution in [1.29, 1.82) is 0 Å². The number of nitrogens with zero attached hydrogens (tertiary/aromatic N) is 1. The second-order valence-electron chi connectivity index (χ2n) is 2.23. The first-order valence-corrected chi connectivity index (χ1v) is 4.37. The van der Waals surface area contributed by atoms with Crippen molar-refractivity contribution in [2.75, 3.05) is 11.6 Å².